The number of nitrogens with zero attached hydrogens (tertiary/aromatic N) is 2. The second-order valence-electron chi connectivity index (χ2n) is 7.36. The minimum Gasteiger partial charge on any atom is -0.379 e. The van der Waals surface area contributed by atoms with E-state index in [0.29, 0.717) is 19.4 Å². The Labute approximate surface area is 173 Å². The molecule has 2 aromatic carbocycles. The standard InChI is InChI=1S/C23H29ClN2O2/c1-19(17-25-13-15-28-16-14-25)26(18-20-7-3-2-4-8-20)23(27)12-11-21-9-5-6-10-22(21)24/h2-10,19H,11-18H2,1H3. The van der Waals surface area contributed by atoms with Gasteiger partial charge in [0.1, 0.15) is 0 Å². The van der Waals surface area contributed by atoms with E-state index in [4.69, 9.17) is 16.3 Å². The zero-order valence-electron chi connectivity index (χ0n) is 16.5. The van der Waals surface area contributed by atoms with Crippen molar-refractivity contribution in [2.75, 3.05) is 32.8 Å². The molecule has 1 aliphatic heterocycles. The fourth-order valence-electron chi connectivity index (χ4n) is 3.61. The van der Waals surface area contributed by atoms with Crippen LogP contribution in [0, 0.1) is 0 Å². The molecule has 0 N–H and O–H groups in total. The number of aryl methyl sites for hydroxylation is 1. The van der Waals surface area contributed by atoms with Crippen LogP contribution in [0.4, 0.5) is 0 Å². The minimum absolute atomic E-state index is 0.136. The zero-order chi connectivity index (χ0) is 19.8. The van der Waals surface area contributed by atoms with Gasteiger partial charge in [0, 0.05) is 43.7 Å². The average Bonchev–Trinajstić information content (AvgIpc) is 2.72. The third kappa shape index (κ3) is 6.06. The molecule has 0 spiro atoms. The van der Waals surface area contributed by atoms with Gasteiger partial charge in [-0.2, -0.15) is 0 Å². The summed E-state index contributed by atoms with van der Waals surface area (Å²) in [6.07, 6.45) is 1.12. The highest BCUT2D eigenvalue weighted by Crippen LogP contribution is 2.18. The van der Waals surface area contributed by atoms with Crippen LogP contribution in [0.15, 0.2) is 54.6 Å². The Balaban J connectivity index is 1.67. The van der Waals surface area contributed by atoms with E-state index in [-0.39, 0.29) is 11.9 Å². The number of hydrogen-bond acceptors (Lipinski definition) is 3. The number of ether oxygens (including phenoxy) is 1. The van der Waals surface area contributed by atoms with E-state index in [9.17, 15) is 4.79 Å². The molecule has 150 valence electrons. The predicted molar refractivity (Wildman–Crippen MR) is 113 cm³/mol. The van der Waals surface area contributed by atoms with E-state index in [2.05, 4.69) is 24.0 Å². The van der Waals surface area contributed by atoms with Gasteiger partial charge in [0.15, 0.2) is 0 Å². The Bertz CT molecular complexity index is 747. The maximum Gasteiger partial charge on any atom is 0.223 e. The van der Waals surface area contributed by atoms with Crippen LogP contribution >= 0.6 is 11.6 Å². The summed E-state index contributed by atoms with van der Waals surface area (Å²) in [4.78, 5) is 17.6. The summed E-state index contributed by atoms with van der Waals surface area (Å²) in [5, 5.41) is 0.728. The lowest BCUT2D eigenvalue weighted by Crippen LogP contribution is -2.48. The molecule has 2 aromatic rings. The van der Waals surface area contributed by atoms with E-state index in [1.165, 1.54) is 0 Å². The van der Waals surface area contributed by atoms with E-state index < -0.39 is 0 Å². The third-order valence-electron chi connectivity index (χ3n) is 5.24. The molecule has 0 aromatic heterocycles. The van der Waals surface area contributed by atoms with Crippen LogP contribution in [-0.2, 0) is 22.5 Å². The summed E-state index contributed by atoms with van der Waals surface area (Å²) in [7, 11) is 0. The van der Waals surface area contributed by atoms with Gasteiger partial charge in [0.2, 0.25) is 5.91 Å². The molecule has 5 heteroatoms. The van der Waals surface area contributed by atoms with Crippen LogP contribution in [0.5, 0.6) is 0 Å². The van der Waals surface area contributed by atoms with Crippen molar-refractivity contribution in [3.63, 3.8) is 0 Å². The molecule has 1 aliphatic rings. The Hall–Kier alpha value is -1.88. The van der Waals surface area contributed by atoms with E-state index in [0.717, 1.165) is 49.0 Å². The lowest BCUT2D eigenvalue weighted by Gasteiger charge is -2.35. The highest BCUT2D eigenvalue weighted by atomic mass is 35.5. The van der Waals surface area contributed by atoms with Gasteiger partial charge >= 0.3 is 0 Å². The predicted octanol–water partition coefficient (Wildman–Crippen LogP) is 4.02. The van der Waals surface area contributed by atoms with Crippen LogP contribution < -0.4 is 0 Å². The molecule has 0 saturated carbocycles. The van der Waals surface area contributed by atoms with E-state index in [1.54, 1.807) is 0 Å². The molecule has 1 saturated heterocycles. The lowest BCUT2D eigenvalue weighted by atomic mass is 10.1. The van der Waals surface area contributed by atoms with Crippen molar-refractivity contribution in [1.29, 1.82) is 0 Å². The van der Waals surface area contributed by atoms with Crippen LogP contribution in [0.3, 0.4) is 0 Å². The van der Waals surface area contributed by atoms with Crippen molar-refractivity contribution in [3.05, 3.63) is 70.7 Å². The number of carbonyl (C=O) groups is 1. The smallest absolute Gasteiger partial charge is 0.223 e. The van der Waals surface area contributed by atoms with Gasteiger partial charge < -0.3 is 9.64 Å². The molecule has 0 aliphatic carbocycles. The molecule has 1 atom stereocenters. The summed E-state index contributed by atoms with van der Waals surface area (Å²) in [5.74, 6) is 0.171. The highest BCUT2D eigenvalue weighted by Gasteiger charge is 2.23. The van der Waals surface area contributed by atoms with Gasteiger partial charge in [-0.15, -0.1) is 0 Å². The van der Waals surface area contributed by atoms with Crippen LogP contribution in [0.2, 0.25) is 5.02 Å². The average molecular weight is 401 g/mol. The Morgan fingerprint density at radius 3 is 2.50 bits per heavy atom. The van der Waals surface area contributed by atoms with Crippen molar-refractivity contribution in [2.24, 2.45) is 0 Å². The van der Waals surface area contributed by atoms with Crippen molar-refractivity contribution in [3.8, 4) is 0 Å². The zero-order valence-corrected chi connectivity index (χ0v) is 17.3. The van der Waals surface area contributed by atoms with Crippen LogP contribution in [0.1, 0.15) is 24.5 Å². The number of amides is 1. The quantitative estimate of drug-likeness (QED) is 0.670. The Morgan fingerprint density at radius 2 is 1.79 bits per heavy atom. The Kier molecular flexibility index (Phi) is 7.90. The van der Waals surface area contributed by atoms with Gasteiger partial charge in [-0.1, -0.05) is 60.1 Å². The fraction of sp³-hybridized carbons (Fsp3) is 0.435. The monoisotopic (exact) mass is 400 g/mol. The molecule has 0 bridgehead atoms. The first kappa shape index (κ1) is 20.8. The Morgan fingerprint density at radius 1 is 1.11 bits per heavy atom. The summed E-state index contributed by atoms with van der Waals surface area (Å²) in [6, 6.07) is 18.1. The van der Waals surface area contributed by atoms with E-state index >= 15 is 0 Å². The molecule has 1 amide bonds. The van der Waals surface area contributed by atoms with Crippen molar-refractivity contribution < 1.29 is 9.53 Å². The maximum absolute atomic E-state index is 13.2. The summed E-state index contributed by atoms with van der Waals surface area (Å²) in [5.41, 5.74) is 2.18. The molecule has 3 rings (SSSR count). The number of halogens is 1. The van der Waals surface area contributed by atoms with Crippen molar-refractivity contribution >= 4 is 17.5 Å². The van der Waals surface area contributed by atoms with Gasteiger partial charge in [0.25, 0.3) is 0 Å². The molecule has 1 fully saturated rings. The molecular weight excluding hydrogens is 372 g/mol. The second kappa shape index (κ2) is 10.6. The number of hydrogen-bond donors (Lipinski definition) is 0. The molecule has 1 unspecified atom stereocenters. The first-order valence-corrected chi connectivity index (χ1v) is 10.4. The topological polar surface area (TPSA) is 32.8 Å². The number of carbonyl (C=O) groups excluding carboxylic acids is 1. The molecular formula is C23H29ClN2O2. The fourth-order valence-corrected chi connectivity index (χ4v) is 3.84. The largest absolute Gasteiger partial charge is 0.379 e. The summed E-state index contributed by atoms with van der Waals surface area (Å²) >= 11 is 6.27. The SMILES string of the molecule is CC(CN1CCOCC1)N(Cc1ccccc1)C(=O)CCc1ccccc1Cl. The molecule has 0 radical (unpaired) electrons. The van der Waals surface area contributed by atoms with Crippen molar-refractivity contribution in [1.82, 2.24) is 9.80 Å². The molecule has 28 heavy (non-hydrogen) atoms. The van der Waals surface area contributed by atoms with Crippen LogP contribution in [-0.4, -0.2) is 54.6 Å². The summed E-state index contributed by atoms with van der Waals surface area (Å²) in [6.45, 7) is 7.04. The summed E-state index contributed by atoms with van der Waals surface area (Å²) < 4.78 is 5.45. The number of benzene rings is 2. The van der Waals surface area contributed by atoms with E-state index in [1.807, 2.05) is 47.4 Å². The van der Waals surface area contributed by atoms with Gasteiger partial charge in [-0.05, 0) is 30.5 Å². The highest BCUT2D eigenvalue weighted by molar-refractivity contribution is 6.31. The first-order chi connectivity index (χ1) is 13.6. The van der Waals surface area contributed by atoms with Gasteiger partial charge in [0.05, 0.1) is 13.2 Å². The minimum atomic E-state index is 0.136. The number of morpholine rings is 1. The van der Waals surface area contributed by atoms with Gasteiger partial charge in [-0.3, -0.25) is 9.69 Å². The normalized spacial score (nSPS) is 15.9. The number of rotatable bonds is 8. The van der Waals surface area contributed by atoms with Gasteiger partial charge in [-0.25, -0.2) is 0 Å². The lowest BCUT2D eigenvalue weighted by molar-refractivity contribution is -0.134. The third-order valence-corrected chi connectivity index (χ3v) is 5.61. The van der Waals surface area contributed by atoms with Crippen LogP contribution in [0.25, 0.3) is 0 Å². The second-order valence-corrected chi connectivity index (χ2v) is 7.77. The molecule has 1 heterocycles. The first-order valence-electron chi connectivity index (χ1n) is 10.0. The van der Waals surface area contributed by atoms with Crippen molar-refractivity contribution in [2.45, 2.75) is 32.4 Å². The maximum atomic E-state index is 13.2. The molecule has 4 nitrogen and oxygen atoms in total.